The van der Waals surface area contributed by atoms with Crippen molar-refractivity contribution in [1.29, 1.82) is 0 Å². The summed E-state index contributed by atoms with van der Waals surface area (Å²) >= 11 is 0. The molecular weight excluding hydrogens is 228 g/mol. The Kier molecular flexibility index (Phi) is 6.39. The molecule has 1 rings (SSSR count). The Labute approximate surface area is 109 Å². The molecule has 0 fully saturated rings. The minimum Gasteiger partial charge on any atom is -0.465 e. The van der Waals surface area contributed by atoms with Gasteiger partial charge in [-0.25, -0.2) is 0 Å². The molecule has 1 aromatic carbocycles. The predicted molar refractivity (Wildman–Crippen MR) is 72.2 cm³/mol. The second kappa shape index (κ2) is 7.84. The van der Waals surface area contributed by atoms with Gasteiger partial charge in [0.1, 0.15) is 0 Å². The SMILES string of the molecule is CCOC(=O)CNCc1ccccc1CN(C)C. The average molecular weight is 250 g/mol. The first kappa shape index (κ1) is 14.7. The number of hydrogen-bond acceptors (Lipinski definition) is 4. The van der Waals surface area contributed by atoms with Gasteiger partial charge < -0.3 is 15.0 Å². The number of benzene rings is 1. The standard InChI is InChI=1S/C14H22N2O2/c1-4-18-14(17)10-15-9-12-7-5-6-8-13(12)11-16(2)3/h5-8,15H,4,9-11H2,1-3H3. The lowest BCUT2D eigenvalue weighted by atomic mass is 10.1. The highest BCUT2D eigenvalue weighted by Gasteiger charge is 2.04. The van der Waals surface area contributed by atoms with E-state index in [0.717, 1.165) is 6.54 Å². The molecule has 0 atom stereocenters. The van der Waals surface area contributed by atoms with Gasteiger partial charge in [0.15, 0.2) is 0 Å². The zero-order valence-electron chi connectivity index (χ0n) is 11.4. The number of esters is 1. The number of carbonyl (C=O) groups is 1. The van der Waals surface area contributed by atoms with Crippen LogP contribution in [-0.2, 0) is 22.6 Å². The average Bonchev–Trinajstić information content (AvgIpc) is 2.31. The Morgan fingerprint density at radius 1 is 1.28 bits per heavy atom. The summed E-state index contributed by atoms with van der Waals surface area (Å²) in [4.78, 5) is 13.3. The Balaban J connectivity index is 2.48. The quantitative estimate of drug-likeness (QED) is 0.743. The predicted octanol–water partition coefficient (Wildman–Crippen LogP) is 1.40. The molecule has 0 aliphatic rings. The number of hydrogen-bond donors (Lipinski definition) is 1. The lowest BCUT2D eigenvalue weighted by Gasteiger charge is -2.14. The van der Waals surface area contributed by atoms with Crippen molar-refractivity contribution in [2.24, 2.45) is 0 Å². The van der Waals surface area contributed by atoms with Crippen LogP contribution in [0, 0.1) is 0 Å². The first-order valence-electron chi connectivity index (χ1n) is 6.21. The maximum atomic E-state index is 11.2. The largest absolute Gasteiger partial charge is 0.465 e. The summed E-state index contributed by atoms with van der Waals surface area (Å²) in [5.74, 6) is -0.206. The third-order valence-corrected chi connectivity index (χ3v) is 2.50. The van der Waals surface area contributed by atoms with E-state index in [1.807, 2.05) is 33.2 Å². The molecule has 0 aromatic heterocycles. The van der Waals surface area contributed by atoms with Crippen LogP contribution in [0.3, 0.4) is 0 Å². The molecule has 0 radical (unpaired) electrons. The van der Waals surface area contributed by atoms with E-state index in [2.05, 4.69) is 22.3 Å². The monoisotopic (exact) mass is 250 g/mol. The molecule has 4 heteroatoms. The van der Waals surface area contributed by atoms with Crippen LogP contribution >= 0.6 is 0 Å². The zero-order chi connectivity index (χ0) is 13.4. The summed E-state index contributed by atoms with van der Waals surface area (Å²) in [5.41, 5.74) is 2.49. The highest BCUT2D eigenvalue weighted by molar-refractivity contribution is 5.71. The molecule has 0 spiro atoms. The van der Waals surface area contributed by atoms with Crippen molar-refractivity contribution in [2.45, 2.75) is 20.0 Å². The lowest BCUT2D eigenvalue weighted by Crippen LogP contribution is -2.25. The molecule has 4 nitrogen and oxygen atoms in total. The Morgan fingerprint density at radius 3 is 2.56 bits per heavy atom. The van der Waals surface area contributed by atoms with Crippen LogP contribution in [0.2, 0.25) is 0 Å². The fourth-order valence-electron chi connectivity index (χ4n) is 1.74. The molecule has 0 bridgehead atoms. The van der Waals surface area contributed by atoms with E-state index in [1.54, 1.807) is 0 Å². The van der Waals surface area contributed by atoms with Crippen molar-refractivity contribution >= 4 is 5.97 Å². The van der Waals surface area contributed by atoms with Gasteiger partial charge in [0.25, 0.3) is 0 Å². The third-order valence-electron chi connectivity index (χ3n) is 2.50. The van der Waals surface area contributed by atoms with E-state index in [0.29, 0.717) is 13.2 Å². The second-order valence-electron chi connectivity index (χ2n) is 4.42. The molecule has 0 amide bonds. The number of rotatable bonds is 7. The molecule has 0 aliphatic heterocycles. The van der Waals surface area contributed by atoms with Gasteiger partial charge in [-0.1, -0.05) is 24.3 Å². The normalized spacial score (nSPS) is 10.7. The van der Waals surface area contributed by atoms with Crippen LogP contribution in [0.25, 0.3) is 0 Å². The summed E-state index contributed by atoms with van der Waals surface area (Å²) in [6.07, 6.45) is 0. The van der Waals surface area contributed by atoms with Gasteiger partial charge in [-0.3, -0.25) is 4.79 Å². The number of nitrogens with one attached hydrogen (secondary N) is 1. The molecule has 100 valence electrons. The lowest BCUT2D eigenvalue weighted by molar-refractivity contribution is -0.142. The van der Waals surface area contributed by atoms with Gasteiger partial charge in [0.2, 0.25) is 0 Å². The molecule has 18 heavy (non-hydrogen) atoms. The number of carbonyl (C=O) groups excluding carboxylic acids is 1. The molecule has 0 saturated heterocycles. The highest BCUT2D eigenvalue weighted by atomic mass is 16.5. The smallest absolute Gasteiger partial charge is 0.319 e. The summed E-state index contributed by atoms with van der Waals surface area (Å²) < 4.78 is 4.86. The minimum absolute atomic E-state index is 0.206. The van der Waals surface area contributed by atoms with E-state index in [9.17, 15) is 4.79 Å². The van der Waals surface area contributed by atoms with Crippen LogP contribution in [0.1, 0.15) is 18.1 Å². The summed E-state index contributed by atoms with van der Waals surface area (Å²) in [5, 5.41) is 3.11. The number of nitrogens with zero attached hydrogens (tertiary/aromatic N) is 1. The topological polar surface area (TPSA) is 41.6 Å². The summed E-state index contributed by atoms with van der Waals surface area (Å²) in [6, 6.07) is 8.24. The Hall–Kier alpha value is -1.39. The highest BCUT2D eigenvalue weighted by Crippen LogP contribution is 2.10. The van der Waals surface area contributed by atoms with Gasteiger partial charge in [-0.05, 0) is 32.1 Å². The van der Waals surface area contributed by atoms with E-state index in [-0.39, 0.29) is 12.5 Å². The van der Waals surface area contributed by atoms with E-state index < -0.39 is 0 Å². The molecule has 0 heterocycles. The van der Waals surface area contributed by atoms with Crippen molar-refractivity contribution in [3.05, 3.63) is 35.4 Å². The van der Waals surface area contributed by atoms with Crippen LogP contribution in [0.5, 0.6) is 0 Å². The maximum absolute atomic E-state index is 11.2. The fourth-order valence-corrected chi connectivity index (χ4v) is 1.74. The van der Waals surface area contributed by atoms with Crippen molar-refractivity contribution < 1.29 is 9.53 Å². The van der Waals surface area contributed by atoms with Gasteiger partial charge in [-0.15, -0.1) is 0 Å². The van der Waals surface area contributed by atoms with Gasteiger partial charge >= 0.3 is 5.97 Å². The van der Waals surface area contributed by atoms with Gasteiger partial charge in [0.05, 0.1) is 13.2 Å². The van der Waals surface area contributed by atoms with Crippen molar-refractivity contribution in [2.75, 3.05) is 27.2 Å². The van der Waals surface area contributed by atoms with Crippen LogP contribution in [0.15, 0.2) is 24.3 Å². The van der Waals surface area contributed by atoms with Crippen molar-refractivity contribution in [3.63, 3.8) is 0 Å². The molecule has 0 aliphatic carbocycles. The minimum atomic E-state index is -0.206. The molecule has 0 unspecified atom stereocenters. The first-order valence-corrected chi connectivity index (χ1v) is 6.21. The van der Waals surface area contributed by atoms with E-state index in [1.165, 1.54) is 11.1 Å². The Morgan fingerprint density at radius 2 is 1.94 bits per heavy atom. The van der Waals surface area contributed by atoms with Gasteiger partial charge in [0, 0.05) is 13.1 Å². The zero-order valence-corrected chi connectivity index (χ0v) is 11.4. The molecule has 1 aromatic rings. The number of ether oxygens (including phenoxy) is 1. The third kappa shape index (κ3) is 5.29. The van der Waals surface area contributed by atoms with Crippen molar-refractivity contribution in [3.8, 4) is 0 Å². The van der Waals surface area contributed by atoms with Gasteiger partial charge in [-0.2, -0.15) is 0 Å². The first-order chi connectivity index (χ1) is 8.63. The Bertz CT molecular complexity index is 378. The second-order valence-corrected chi connectivity index (χ2v) is 4.42. The van der Waals surface area contributed by atoms with E-state index in [4.69, 9.17) is 4.74 Å². The molecule has 0 saturated carbocycles. The maximum Gasteiger partial charge on any atom is 0.319 e. The fraction of sp³-hybridized carbons (Fsp3) is 0.500. The summed E-state index contributed by atoms with van der Waals surface area (Å²) in [6.45, 7) is 4.08. The van der Waals surface area contributed by atoms with Crippen LogP contribution in [0.4, 0.5) is 0 Å². The van der Waals surface area contributed by atoms with Crippen LogP contribution in [-0.4, -0.2) is 38.1 Å². The molecule has 1 N–H and O–H groups in total. The van der Waals surface area contributed by atoms with Crippen molar-refractivity contribution in [1.82, 2.24) is 10.2 Å². The molecular formula is C14H22N2O2. The van der Waals surface area contributed by atoms with Crippen LogP contribution < -0.4 is 5.32 Å². The summed E-state index contributed by atoms with van der Waals surface area (Å²) in [7, 11) is 4.09. The van der Waals surface area contributed by atoms with E-state index >= 15 is 0 Å².